The maximum atomic E-state index is 5.87. The van der Waals surface area contributed by atoms with Crippen LogP contribution >= 0.6 is 11.6 Å². The second-order valence-corrected chi connectivity index (χ2v) is 5.09. The first-order chi connectivity index (χ1) is 9.63. The molecule has 20 heavy (non-hydrogen) atoms. The van der Waals surface area contributed by atoms with E-state index in [1.807, 2.05) is 18.2 Å². The van der Waals surface area contributed by atoms with E-state index >= 15 is 0 Å². The Balaban J connectivity index is 2.15. The summed E-state index contributed by atoms with van der Waals surface area (Å²) in [6, 6.07) is 12.1. The van der Waals surface area contributed by atoms with Gasteiger partial charge in [0, 0.05) is 5.88 Å². The summed E-state index contributed by atoms with van der Waals surface area (Å²) < 4.78 is 11.2. The van der Waals surface area contributed by atoms with Gasteiger partial charge in [0.2, 0.25) is 0 Å². The molecule has 0 aromatic heterocycles. The first-order valence-corrected chi connectivity index (χ1v) is 7.09. The summed E-state index contributed by atoms with van der Waals surface area (Å²) in [5.74, 6) is 1.91. The van der Waals surface area contributed by atoms with Crippen LogP contribution in [0.2, 0.25) is 0 Å². The molecule has 2 nitrogen and oxygen atoms in total. The lowest BCUT2D eigenvalue weighted by atomic mass is 10.1. The molecular weight excluding hydrogens is 272 g/mol. The maximum absolute atomic E-state index is 5.87. The predicted octanol–water partition coefficient (Wildman–Crippen LogP) is 4.63. The highest BCUT2D eigenvalue weighted by Gasteiger charge is 2.06. The quantitative estimate of drug-likeness (QED) is 0.748. The molecular formula is C17H19ClO2. The lowest BCUT2D eigenvalue weighted by molar-refractivity contribution is 0.284. The molecule has 2 aromatic rings. The lowest BCUT2D eigenvalue weighted by Gasteiger charge is -2.12. The number of benzene rings is 2. The molecule has 0 spiro atoms. The van der Waals surface area contributed by atoms with E-state index in [1.165, 1.54) is 11.1 Å². The smallest absolute Gasteiger partial charge is 0.161 e. The number of ether oxygens (including phenoxy) is 2. The van der Waals surface area contributed by atoms with Crippen LogP contribution in [0.25, 0.3) is 0 Å². The molecule has 0 unspecified atom stereocenters. The minimum absolute atomic E-state index is 0.462. The summed E-state index contributed by atoms with van der Waals surface area (Å²) in [6.45, 7) is 4.73. The summed E-state index contributed by atoms with van der Waals surface area (Å²) in [4.78, 5) is 0. The highest BCUT2D eigenvalue weighted by atomic mass is 35.5. The van der Waals surface area contributed by atoms with E-state index in [4.69, 9.17) is 21.1 Å². The standard InChI is InChI=1S/C17H19ClO2/c1-12-4-5-15(8-13(12)2)11-20-17-9-14(10-18)6-7-16(17)19-3/h4-9H,10-11H2,1-3H3. The fourth-order valence-corrected chi connectivity index (χ4v) is 2.14. The highest BCUT2D eigenvalue weighted by Crippen LogP contribution is 2.29. The van der Waals surface area contributed by atoms with E-state index in [0.29, 0.717) is 12.5 Å². The SMILES string of the molecule is COc1ccc(CCl)cc1OCc1ccc(C)c(C)c1. The van der Waals surface area contributed by atoms with Crippen molar-refractivity contribution in [1.82, 2.24) is 0 Å². The van der Waals surface area contributed by atoms with E-state index in [0.717, 1.165) is 22.6 Å². The molecule has 0 aliphatic rings. The molecule has 0 N–H and O–H groups in total. The molecule has 3 heteroatoms. The Labute approximate surface area is 125 Å². The molecule has 0 aliphatic heterocycles. The Morgan fingerprint density at radius 3 is 2.30 bits per heavy atom. The van der Waals surface area contributed by atoms with Crippen molar-refractivity contribution in [2.75, 3.05) is 7.11 Å². The van der Waals surface area contributed by atoms with Crippen molar-refractivity contribution >= 4 is 11.6 Å². The molecule has 0 amide bonds. The largest absolute Gasteiger partial charge is 0.493 e. The third kappa shape index (κ3) is 3.45. The van der Waals surface area contributed by atoms with Crippen LogP contribution < -0.4 is 9.47 Å². The average molecular weight is 291 g/mol. The van der Waals surface area contributed by atoms with Gasteiger partial charge in [-0.1, -0.05) is 24.3 Å². The number of methoxy groups -OCH3 is 1. The van der Waals surface area contributed by atoms with Gasteiger partial charge >= 0.3 is 0 Å². The predicted molar refractivity (Wildman–Crippen MR) is 82.8 cm³/mol. The van der Waals surface area contributed by atoms with Gasteiger partial charge in [0.05, 0.1) is 7.11 Å². The van der Waals surface area contributed by atoms with Gasteiger partial charge in [-0.15, -0.1) is 11.6 Å². The normalized spacial score (nSPS) is 10.4. The number of halogens is 1. The number of rotatable bonds is 5. The minimum atomic E-state index is 0.462. The van der Waals surface area contributed by atoms with E-state index < -0.39 is 0 Å². The molecule has 2 aromatic carbocycles. The van der Waals surface area contributed by atoms with Crippen molar-refractivity contribution in [2.24, 2.45) is 0 Å². The Morgan fingerprint density at radius 2 is 1.65 bits per heavy atom. The van der Waals surface area contributed by atoms with Crippen LogP contribution in [0.5, 0.6) is 11.5 Å². The number of aryl methyl sites for hydroxylation is 2. The summed E-state index contributed by atoms with van der Waals surface area (Å²) in [5, 5.41) is 0. The maximum Gasteiger partial charge on any atom is 0.161 e. The zero-order chi connectivity index (χ0) is 14.5. The molecule has 106 valence electrons. The third-order valence-corrected chi connectivity index (χ3v) is 3.66. The van der Waals surface area contributed by atoms with Gasteiger partial charge in [-0.3, -0.25) is 0 Å². The Morgan fingerprint density at radius 1 is 0.900 bits per heavy atom. The fourth-order valence-electron chi connectivity index (χ4n) is 1.97. The van der Waals surface area contributed by atoms with Crippen molar-refractivity contribution in [3.05, 3.63) is 58.7 Å². The lowest BCUT2D eigenvalue weighted by Crippen LogP contribution is -1.99. The molecule has 0 atom stereocenters. The van der Waals surface area contributed by atoms with Crippen LogP contribution in [0, 0.1) is 13.8 Å². The number of hydrogen-bond acceptors (Lipinski definition) is 2. The van der Waals surface area contributed by atoms with Gasteiger partial charge in [-0.25, -0.2) is 0 Å². The van der Waals surface area contributed by atoms with Crippen molar-refractivity contribution < 1.29 is 9.47 Å². The van der Waals surface area contributed by atoms with Gasteiger partial charge in [-0.05, 0) is 48.2 Å². The van der Waals surface area contributed by atoms with E-state index in [1.54, 1.807) is 7.11 Å². The first kappa shape index (κ1) is 14.7. The van der Waals surface area contributed by atoms with Crippen molar-refractivity contribution in [1.29, 1.82) is 0 Å². The van der Waals surface area contributed by atoms with Crippen LogP contribution in [-0.4, -0.2) is 7.11 Å². The number of alkyl halides is 1. The van der Waals surface area contributed by atoms with Crippen LogP contribution in [0.1, 0.15) is 22.3 Å². The summed E-state index contributed by atoms with van der Waals surface area (Å²) >= 11 is 5.85. The zero-order valence-electron chi connectivity index (χ0n) is 12.1. The molecule has 0 saturated heterocycles. The third-order valence-electron chi connectivity index (χ3n) is 3.35. The van der Waals surface area contributed by atoms with E-state index in [9.17, 15) is 0 Å². The van der Waals surface area contributed by atoms with Gasteiger partial charge in [-0.2, -0.15) is 0 Å². The molecule has 0 bridgehead atoms. The fraction of sp³-hybridized carbons (Fsp3) is 0.294. The van der Waals surface area contributed by atoms with Crippen molar-refractivity contribution in [3.8, 4) is 11.5 Å². The van der Waals surface area contributed by atoms with Crippen molar-refractivity contribution in [2.45, 2.75) is 26.3 Å². The average Bonchev–Trinajstić information content (AvgIpc) is 2.48. The number of hydrogen-bond donors (Lipinski definition) is 0. The molecule has 0 radical (unpaired) electrons. The molecule has 0 heterocycles. The Bertz CT molecular complexity index is 594. The zero-order valence-corrected chi connectivity index (χ0v) is 12.8. The van der Waals surface area contributed by atoms with Crippen LogP contribution in [0.3, 0.4) is 0 Å². The van der Waals surface area contributed by atoms with Gasteiger partial charge < -0.3 is 9.47 Å². The monoisotopic (exact) mass is 290 g/mol. The second kappa shape index (κ2) is 6.67. The van der Waals surface area contributed by atoms with Crippen LogP contribution in [0.15, 0.2) is 36.4 Å². The molecule has 2 rings (SSSR count). The first-order valence-electron chi connectivity index (χ1n) is 6.56. The molecule has 0 saturated carbocycles. The van der Waals surface area contributed by atoms with E-state index in [-0.39, 0.29) is 0 Å². The van der Waals surface area contributed by atoms with Gasteiger partial charge in [0.1, 0.15) is 6.61 Å². The van der Waals surface area contributed by atoms with Crippen LogP contribution in [0.4, 0.5) is 0 Å². The van der Waals surface area contributed by atoms with Gasteiger partial charge in [0.25, 0.3) is 0 Å². The van der Waals surface area contributed by atoms with Gasteiger partial charge in [0.15, 0.2) is 11.5 Å². The Kier molecular flexibility index (Phi) is 4.91. The van der Waals surface area contributed by atoms with E-state index in [2.05, 4.69) is 32.0 Å². The Hall–Kier alpha value is -1.67. The van der Waals surface area contributed by atoms with Crippen molar-refractivity contribution in [3.63, 3.8) is 0 Å². The summed E-state index contributed by atoms with van der Waals surface area (Å²) in [5.41, 5.74) is 4.72. The summed E-state index contributed by atoms with van der Waals surface area (Å²) in [7, 11) is 1.64. The minimum Gasteiger partial charge on any atom is -0.493 e. The van der Waals surface area contributed by atoms with Crippen LogP contribution in [-0.2, 0) is 12.5 Å². The summed E-state index contributed by atoms with van der Waals surface area (Å²) in [6.07, 6.45) is 0. The second-order valence-electron chi connectivity index (χ2n) is 4.83. The molecule has 0 aliphatic carbocycles. The molecule has 0 fully saturated rings. The highest BCUT2D eigenvalue weighted by molar-refractivity contribution is 6.17. The topological polar surface area (TPSA) is 18.5 Å².